The molecule has 0 amide bonds. The Hall–Kier alpha value is -1.06. The lowest BCUT2D eigenvalue weighted by Crippen LogP contribution is -2.46. The number of piperidine rings is 1. The van der Waals surface area contributed by atoms with Gasteiger partial charge >= 0.3 is 0 Å². The van der Waals surface area contributed by atoms with E-state index >= 15 is 0 Å². The number of hydrogen-bond acceptors (Lipinski definition) is 3. The van der Waals surface area contributed by atoms with Gasteiger partial charge in [-0.3, -0.25) is 4.90 Å². The molecule has 2 saturated heterocycles. The lowest BCUT2D eigenvalue weighted by Gasteiger charge is -2.36. The van der Waals surface area contributed by atoms with E-state index in [1.165, 1.54) is 18.4 Å². The Morgan fingerprint density at radius 3 is 2.68 bits per heavy atom. The molecule has 2 aliphatic rings. The van der Waals surface area contributed by atoms with Crippen LogP contribution in [-0.4, -0.2) is 41.3 Å². The van der Waals surface area contributed by atoms with E-state index in [-0.39, 0.29) is 6.10 Å². The second kappa shape index (κ2) is 5.51. The van der Waals surface area contributed by atoms with Crippen LogP contribution in [0, 0.1) is 6.92 Å². The number of aliphatic hydroxyl groups excluding tert-OH is 1. The van der Waals surface area contributed by atoms with Gasteiger partial charge < -0.3 is 9.84 Å². The number of ether oxygens (including phenoxy) is 1. The molecule has 0 saturated carbocycles. The number of rotatable bonds is 4. The van der Waals surface area contributed by atoms with Crippen LogP contribution in [0.1, 0.15) is 31.2 Å². The Labute approximate surface area is 115 Å². The van der Waals surface area contributed by atoms with Gasteiger partial charge in [0.15, 0.2) is 0 Å². The summed E-state index contributed by atoms with van der Waals surface area (Å²) in [5, 5.41) is 9.78. The number of nitrogens with zero attached hydrogens (tertiary/aromatic N) is 1. The Balaban J connectivity index is 1.51. The molecule has 1 aromatic carbocycles. The highest BCUT2D eigenvalue weighted by molar-refractivity contribution is 5.27. The van der Waals surface area contributed by atoms with Crippen molar-refractivity contribution in [3.05, 3.63) is 29.8 Å². The molecule has 0 spiro atoms. The summed E-state index contributed by atoms with van der Waals surface area (Å²) in [6, 6.07) is 9.37. The van der Waals surface area contributed by atoms with Gasteiger partial charge in [0.2, 0.25) is 0 Å². The fraction of sp³-hybridized carbons (Fsp3) is 0.625. The summed E-state index contributed by atoms with van der Waals surface area (Å²) < 4.78 is 5.84. The van der Waals surface area contributed by atoms with E-state index in [2.05, 4.69) is 24.0 Å². The average molecular weight is 261 g/mol. The van der Waals surface area contributed by atoms with Crippen LogP contribution in [0.3, 0.4) is 0 Å². The summed E-state index contributed by atoms with van der Waals surface area (Å²) in [5.74, 6) is 0.962. The Morgan fingerprint density at radius 1 is 1.26 bits per heavy atom. The third-order valence-corrected chi connectivity index (χ3v) is 4.47. The van der Waals surface area contributed by atoms with Gasteiger partial charge in [-0.2, -0.15) is 0 Å². The van der Waals surface area contributed by atoms with Crippen molar-refractivity contribution in [2.45, 2.75) is 50.8 Å². The molecule has 3 rings (SSSR count). The van der Waals surface area contributed by atoms with E-state index in [0.717, 1.165) is 31.7 Å². The van der Waals surface area contributed by atoms with E-state index in [4.69, 9.17) is 4.74 Å². The van der Waals surface area contributed by atoms with Crippen molar-refractivity contribution in [2.24, 2.45) is 0 Å². The molecule has 2 atom stereocenters. The summed E-state index contributed by atoms with van der Waals surface area (Å²) in [6.07, 6.45) is 4.30. The van der Waals surface area contributed by atoms with Crippen molar-refractivity contribution in [1.29, 1.82) is 0 Å². The average Bonchev–Trinajstić information content (AvgIpc) is 2.62. The highest BCUT2D eigenvalue weighted by Crippen LogP contribution is 2.35. The quantitative estimate of drug-likeness (QED) is 0.903. The van der Waals surface area contributed by atoms with Gasteiger partial charge in [-0.25, -0.2) is 0 Å². The number of hydrogen-bond donors (Lipinski definition) is 1. The van der Waals surface area contributed by atoms with Crippen LogP contribution >= 0.6 is 0 Å². The van der Waals surface area contributed by atoms with Crippen LogP contribution in [-0.2, 0) is 0 Å². The van der Waals surface area contributed by atoms with Gasteiger partial charge in [0.1, 0.15) is 12.4 Å². The molecular weight excluding hydrogens is 238 g/mol. The molecule has 2 fully saturated rings. The molecule has 3 nitrogen and oxygen atoms in total. The fourth-order valence-electron chi connectivity index (χ4n) is 3.58. The molecule has 0 radical (unpaired) electrons. The Kier molecular flexibility index (Phi) is 3.76. The standard InChI is InChI=1S/C16H23NO2/c1-12-3-2-4-16(9-12)19-8-7-17-13-5-6-14(17)11-15(18)10-13/h2-4,9,13-15,18H,5-8,10-11H2,1H3. The molecule has 0 aliphatic carbocycles. The summed E-state index contributed by atoms with van der Waals surface area (Å²) in [4.78, 5) is 2.54. The maximum Gasteiger partial charge on any atom is 0.119 e. The van der Waals surface area contributed by atoms with Gasteiger partial charge in [0, 0.05) is 18.6 Å². The van der Waals surface area contributed by atoms with Crippen molar-refractivity contribution in [3.63, 3.8) is 0 Å². The SMILES string of the molecule is Cc1cccc(OCCN2C3CCC2CC(O)C3)c1. The van der Waals surface area contributed by atoms with Crippen LogP contribution in [0.15, 0.2) is 24.3 Å². The highest BCUT2D eigenvalue weighted by atomic mass is 16.5. The first-order valence-electron chi connectivity index (χ1n) is 7.35. The van der Waals surface area contributed by atoms with Crippen LogP contribution in [0.5, 0.6) is 5.75 Å². The van der Waals surface area contributed by atoms with Crippen molar-refractivity contribution in [3.8, 4) is 5.75 Å². The van der Waals surface area contributed by atoms with Crippen LogP contribution in [0.2, 0.25) is 0 Å². The van der Waals surface area contributed by atoms with Crippen molar-refractivity contribution < 1.29 is 9.84 Å². The predicted molar refractivity (Wildman–Crippen MR) is 75.4 cm³/mol. The van der Waals surface area contributed by atoms with Gasteiger partial charge in [-0.05, 0) is 50.3 Å². The zero-order valence-electron chi connectivity index (χ0n) is 11.6. The minimum absolute atomic E-state index is 0.0774. The van der Waals surface area contributed by atoms with Crippen LogP contribution < -0.4 is 4.74 Å². The monoisotopic (exact) mass is 261 g/mol. The van der Waals surface area contributed by atoms with E-state index in [0.29, 0.717) is 12.1 Å². The molecule has 0 aromatic heterocycles. The van der Waals surface area contributed by atoms with Crippen molar-refractivity contribution >= 4 is 0 Å². The first-order chi connectivity index (χ1) is 9.22. The predicted octanol–water partition coefficient (Wildman–Crippen LogP) is 2.36. The minimum atomic E-state index is -0.0774. The molecule has 2 heterocycles. The topological polar surface area (TPSA) is 32.7 Å². The highest BCUT2D eigenvalue weighted by Gasteiger charge is 2.39. The summed E-state index contributed by atoms with van der Waals surface area (Å²) in [6.45, 7) is 3.81. The lowest BCUT2D eigenvalue weighted by molar-refractivity contribution is 0.0288. The van der Waals surface area contributed by atoms with Gasteiger partial charge in [-0.1, -0.05) is 12.1 Å². The smallest absolute Gasteiger partial charge is 0.119 e. The third-order valence-electron chi connectivity index (χ3n) is 4.47. The van der Waals surface area contributed by atoms with E-state index in [1.807, 2.05) is 12.1 Å². The lowest BCUT2D eigenvalue weighted by atomic mass is 10.0. The largest absolute Gasteiger partial charge is 0.492 e. The normalized spacial score (nSPS) is 30.5. The molecule has 3 heteroatoms. The zero-order chi connectivity index (χ0) is 13.2. The molecule has 1 N–H and O–H groups in total. The molecule has 19 heavy (non-hydrogen) atoms. The van der Waals surface area contributed by atoms with E-state index < -0.39 is 0 Å². The Bertz CT molecular complexity index is 421. The number of aliphatic hydroxyl groups is 1. The molecule has 2 unspecified atom stereocenters. The second-order valence-corrected chi connectivity index (χ2v) is 5.91. The summed E-state index contributed by atoms with van der Waals surface area (Å²) >= 11 is 0. The van der Waals surface area contributed by atoms with E-state index in [1.54, 1.807) is 0 Å². The maximum absolute atomic E-state index is 9.78. The maximum atomic E-state index is 9.78. The number of benzene rings is 1. The third kappa shape index (κ3) is 2.93. The molecular formula is C16H23NO2. The first-order valence-corrected chi connectivity index (χ1v) is 7.35. The van der Waals surface area contributed by atoms with Gasteiger partial charge in [0.05, 0.1) is 6.10 Å². The Morgan fingerprint density at radius 2 is 2.00 bits per heavy atom. The molecule has 1 aromatic rings. The van der Waals surface area contributed by atoms with Crippen molar-refractivity contribution in [2.75, 3.05) is 13.2 Å². The molecule has 2 aliphatic heterocycles. The first kappa shape index (κ1) is 12.9. The molecule has 2 bridgehead atoms. The number of aryl methyl sites for hydroxylation is 1. The van der Waals surface area contributed by atoms with Crippen LogP contribution in [0.4, 0.5) is 0 Å². The van der Waals surface area contributed by atoms with Gasteiger partial charge in [-0.15, -0.1) is 0 Å². The van der Waals surface area contributed by atoms with Gasteiger partial charge in [0.25, 0.3) is 0 Å². The van der Waals surface area contributed by atoms with E-state index in [9.17, 15) is 5.11 Å². The zero-order valence-corrected chi connectivity index (χ0v) is 11.6. The summed E-state index contributed by atoms with van der Waals surface area (Å²) in [7, 11) is 0. The van der Waals surface area contributed by atoms with Crippen LogP contribution in [0.25, 0.3) is 0 Å². The fourth-order valence-corrected chi connectivity index (χ4v) is 3.58. The molecule has 104 valence electrons. The minimum Gasteiger partial charge on any atom is -0.492 e. The second-order valence-electron chi connectivity index (χ2n) is 5.91. The summed E-state index contributed by atoms with van der Waals surface area (Å²) in [5.41, 5.74) is 1.23. The van der Waals surface area contributed by atoms with Crippen molar-refractivity contribution in [1.82, 2.24) is 4.90 Å². The number of fused-ring (bicyclic) bond motifs is 2.